The second-order valence-electron chi connectivity index (χ2n) is 12.0. The van der Waals surface area contributed by atoms with Crippen molar-refractivity contribution < 1.29 is 33.8 Å². The molecule has 47 heavy (non-hydrogen) atoms. The van der Waals surface area contributed by atoms with Crippen LogP contribution in [0.1, 0.15) is 67.7 Å². The summed E-state index contributed by atoms with van der Waals surface area (Å²) in [5, 5.41) is 24.5. The first kappa shape index (κ1) is 28.8. The van der Waals surface area contributed by atoms with E-state index in [4.69, 9.17) is 14.0 Å². The SMILES string of the molecule is CC(c1nc(Cc2ccccc2)no1)N1CCN(C(=O)c2ccc3c(c2)C(=O)OC32c3ccc(O)cc3Oc3cc(O)ccc32)CC1. The van der Waals surface area contributed by atoms with Crippen LogP contribution in [0, 0.1) is 0 Å². The van der Waals surface area contributed by atoms with Crippen LogP contribution in [0.2, 0.25) is 0 Å². The highest BCUT2D eigenvalue weighted by Crippen LogP contribution is 2.57. The minimum atomic E-state index is -1.38. The predicted octanol–water partition coefficient (Wildman–Crippen LogP) is 5.16. The molecule has 8 rings (SSSR count). The van der Waals surface area contributed by atoms with Crippen molar-refractivity contribution in [2.45, 2.75) is 25.0 Å². The van der Waals surface area contributed by atoms with Gasteiger partial charge in [-0.25, -0.2) is 4.79 Å². The molecule has 4 aromatic carbocycles. The minimum Gasteiger partial charge on any atom is -0.508 e. The number of phenols is 2. The monoisotopic (exact) mass is 630 g/mol. The van der Waals surface area contributed by atoms with Crippen molar-refractivity contribution in [3.8, 4) is 23.0 Å². The van der Waals surface area contributed by atoms with Crippen LogP contribution in [0.5, 0.6) is 23.0 Å². The van der Waals surface area contributed by atoms with Crippen LogP contribution in [-0.2, 0) is 16.8 Å². The number of rotatable bonds is 5. The number of amides is 1. The van der Waals surface area contributed by atoms with E-state index in [1.54, 1.807) is 35.2 Å². The average molecular weight is 631 g/mol. The lowest BCUT2D eigenvalue weighted by molar-refractivity contribution is 0.0224. The fourth-order valence-corrected chi connectivity index (χ4v) is 6.78. The number of carbonyl (C=O) groups is 2. The molecule has 0 aliphatic carbocycles. The molecule has 1 atom stereocenters. The zero-order valence-electron chi connectivity index (χ0n) is 25.4. The van der Waals surface area contributed by atoms with Crippen LogP contribution in [0.4, 0.5) is 0 Å². The van der Waals surface area contributed by atoms with Crippen LogP contribution >= 0.6 is 0 Å². The number of aromatic nitrogens is 2. The number of aromatic hydroxyl groups is 2. The Morgan fingerprint density at radius 2 is 1.53 bits per heavy atom. The van der Waals surface area contributed by atoms with Gasteiger partial charge in [-0.1, -0.05) is 41.6 Å². The minimum absolute atomic E-state index is 0.0209. The third-order valence-corrected chi connectivity index (χ3v) is 9.22. The van der Waals surface area contributed by atoms with Crippen molar-refractivity contribution in [1.29, 1.82) is 0 Å². The lowest BCUT2D eigenvalue weighted by Gasteiger charge is -2.37. The Morgan fingerprint density at radius 3 is 2.21 bits per heavy atom. The molecule has 3 aliphatic rings. The molecule has 1 amide bonds. The Balaban J connectivity index is 1.01. The van der Waals surface area contributed by atoms with E-state index in [2.05, 4.69) is 15.0 Å². The second-order valence-corrected chi connectivity index (χ2v) is 12.0. The van der Waals surface area contributed by atoms with Gasteiger partial charge < -0.3 is 29.1 Å². The Hall–Kier alpha value is -5.68. The Morgan fingerprint density at radius 1 is 0.872 bits per heavy atom. The van der Waals surface area contributed by atoms with E-state index in [1.807, 2.05) is 37.3 Å². The van der Waals surface area contributed by atoms with Crippen LogP contribution in [-0.4, -0.2) is 68.2 Å². The molecule has 2 N–H and O–H groups in total. The topological polar surface area (TPSA) is 138 Å². The predicted molar refractivity (Wildman–Crippen MR) is 167 cm³/mol. The first-order valence-corrected chi connectivity index (χ1v) is 15.4. The highest BCUT2D eigenvalue weighted by molar-refractivity contribution is 6.01. The van der Waals surface area contributed by atoms with Gasteiger partial charge in [0.25, 0.3) is 5.91 Å². The van der Waals surface area contributed by atoms with Gasteiger partial charge in [-0.2, -0.15) is 4.98 Å². The van der Waals surface area contributed by atoms with E-state index in [0.29, 0.717) is 78.1 Å². The maximum Gasteiger partial charge on any atom is 0.340 e. The molecular weight excluding hydrogens is 600 g/mol. The first-order chi connectivity index (χ1) is 22.8. The Bertz CT molecular complexity index is 1980. The smallest absolute Gasteiger partial charge is 0.340 e. The van der Waals surface area contributed by atoms with E-state index in [9.17, 15) is 19.8 Å². The number of phenolic OH excluding ortho intramolecular Hbond substituents is 2. The van der Waals surface area contributed by atoms with Crippen LogP contribution in [0.25, 0.3) is 0 Å². The van der Waals surface area contributed by atoms with E-state index >= 15 is 0 Å². The van der Waals surface area contributed by atoms with Crippen molar-refractivity contribution in [2.75, 3.05) is 26.2 Å². The van der Waals surface area contributed by atoms with Crippen molar-refractivity contribution >= 4 is 11.9 Å². The maximum atomic E-state index is 13.7. The normalized spacial score (nSPS) is 17.0. The summed E-state index contributed by atoms with van der Waals surface area (Å²) in [6, 6.07) is 24.1. The van der Waals surface area contributed by atoms with E-state index in [-0.39, 0.29) is 29.0 Å². The summed E-state index contributed by atoms with van der Waals surface area (Å²) in [5.41, 5.74) is 1.98. The van der Waals surface area contributed by atoms with Crippen LogP contribution in [0.15, 0.2) is 89.5 Å². The van der Waals surface area contributed by atoms with Gasteiger partial charge in [-0.3, -0.25) is 9.69 Å². The van der Waals surface area contributed by atoms with Gasteiger partial charge in [-0.05, 0) is 48.9 Å². The molecule has 4 heterocycles. The molecule has 11 heteroatoms. The molecule has 0 bridgehead atoms. The first-order valence-electron chi connectivity index (χ1n) is 15.4. The van der Waals surface area contributed by atoms with E-state index in [1.165, 1.54) is 24.3 Å². The average Bonchev–Trinajstić information content (AvgIpc) is 3.66. The molecule has 0 radical (unpaired) electrons. The number of hydrogen-bond donors (Lipinski definition) is 2. The number of ether oxygens (including phenoxy) is 2. The van der Waals surface area contributed by atoms with Gasteiger partial charge in [0.05, 0.1) is 11.6 Å². The molecule has 0 saturated carbocycles. The van der Waals surface area contributed by atoms with E-state index in [0.717, 1.165) is 5.56 Å². The maximum absolute atomic E-state index is 13.7. The molecule has 1 saturated heterocycles. The van der Waals surface area contributed by atoms with E-state index < -0.39 is 11.6 Å². The van der Waals surface area contributed by atoms with Crippen molar-refractivity contribution in [3.05, 3.63) is 130 Å². The molecule has 1 spiro atoms. The van der Waals surface area contributed by atoms with Crippen molar-refractivity contribution in [3.63, 3.8) is 0 Å². The number of hydrogen-bond acceptors (Lipinski definition) is 10. The molecule has 1 fully saturated rings. The summed E-state index contributed by atoms with van der Waals surface area (Å²) >= 11 is 0. The van der Waals surface area contributed by atoms with Gasteiger partial charge >= 0.3 is 5.97 Å². The summed E-state index contributed by atoms with van der Waals surface area (Å²) in [4.78, 5) is 35.8. The van der Waals surface area contributed by atoms with Gasteiger partial charge in [0.1, 0.15) is 23.0 Å². The number of nitrogens with zero attached hydrogens (tertiary/aromatic N) is 4. The third-order valence-electron chi connectivity index (χ3n) is 9.22. The van der Waals surface area contributed by atoms with Gasteiger partial charge in [0, 0.05) is 67.0 Å². The molecule has 1 aromatic heterocycles. The highest BCUT2D eigenvalue weighted by atomic mass is 16.6. The van der Waals surface area contributed by atoms with Gasteiger partial charge in [0.2, 0.25) is 5.89 Å². The molecular formula is C36H30N4O7. The standard InChI is InChI=1S/C36H30N4O7/c1-21(33-37-32(38-47-33)17-22-5-3-2-4-6-22)39-13-15-40(16-14-39)34(43)23-7-10-27-26(18-23)35(44)46-36(27)28-11-8-24(41)19-30(28)45-31-20-25(42)9-12-29(31)36/h2-12,18-21,41-42H,13-17H2,1H3. The lowest BCUT2D eigenvalue weighted by atomic mass is 9.77. The molecule has 1 unspecified atom stereocenters. The zero-order chi connectivity index (χ0) is 32.3. The summed E-state index contributed by atoms with van der Waals surface area (Å²) in [7, 11) is 0. The Labute approximate surface area is 269 Å². The number of fused-ring (bicyclic) bond motifs is 6. The second kappa shape index (κ2) is 11.0. The number of piperazine rings is 1. The van der Waals surface area contributed by atoms with Crippen molar-refractivity contribution in [2.24, 2.45) is 0 Å². The number of esters is 1. The molecule has 11 nitrogen and oxygen atoms in total. The van der Waals surface area contributed by atoms with Crippen LogP contribution in [0.3, 0.4) is 0 Å². The molecule has 3 aliphatic heterocycles. The fourth-order valence-electron chi connectivity index (χ4n) is 6.78. The summed E-state index contributed by atoms with van der Waals surface area (Å²) in [6.07, 6.45) is 0.592. The highest BCUT2D eigenvalue weighted by Gasteiger charge is 2.54. The summed E-state index contributed by atoms with van der Waals surface area (Å²) in [6.45, 7) is 4.24. The zero-order valence-corrected chi connectivity index (χ0v) is 25.4. The lowest BCUT2D eigenvalue weighted by Crippen LogP contribution is -2.49. The number of carbonyl (C=O) groups excluding carboxylic acids is 2. The summed E-state index contributed by atoms with van der Waals surface area (Å²) < 4.78 is 17.8. The quantitative estimate of drug-likeness (QED) is 0.251. The Kier molecular flexibility index (Phi) is 6.73. The fraction of sp³-hybridized carbons (Fsp3) is 0.222. The van der Waals surface area contributed by atoms with Crippen molar-refractivity contribution in [1.82, 2.24) is 19.9 Å². The largest absolute Gasteiger partial charge is 0.508 e. The van der Waals surface area contributed by atoms with Gasteiger partial charge in [0.15, 0.2) is 11.4 Å². The molecule has 236 valence electrons. The number of benzene rings is 4. The van der Waals surface area contributed by atoms with Crippen LogP contribution < -0.4 is 4.74 Å². The van der Waals surface area contributed by atoms with Gasteiger partial charge in [-0.15, -0.1) is 0 Å². The molecule has 5 aromatic rings. The summed E-state index contributed by atoms with van der Waals surface area (Å²) in [5.74, 6) is 0.961. The third kappa shape index (κ3) is 4.78.